The van der Waals surface area contributed by atoms with Crippen LogP contribution in [0.1, 0.15) is 36.8 Å². The maximum atomic E-state index is 13.6. The maximum Gasteiger partial charge on any atom is 0.403 e. The number of hydrogen-bond acceptors (Lipinski definition) is 6. The van der Waals surface area contributed by atoms with Crippen LogP contribution in [-0.2, 0) is 15.3 Å². The summed E-state index contributed by atoms with van der Waals surface area (Å²) in [5.41, 5.74) is -1.90. The van der Waals surface area contributed by atoms with Gasteiger partial charge in [0.1, 0.15) is 10.3 Å². The molecule has 0 radical (unpaired) electrons. The van der Waals surface area contributed by atoms with E-state index in [1.165, 1.54) is 10.7 Å². The number of halogens is 6. The summed E-state index contributed by atoms with van der Waals surface area (Å²) in [5.74, 6) is -1.51. The molecule has 1 atom stereocenters. The number of benzene rings is 1. The predicted octanol–water partition coefficient (Wildman–Crippen LogP) is 6.55. The minimum atomic E-state index is -4.58. The van der Waals surface area contributed by atoms with E-state index in [4.69, 9.17) is 27.6 Å². The highest BCUT2D eigenvalue weighted by atomic mass is 79.9. The average Bonchev–Trinajstić information content (AvgIpc) is 3.29. The van der Waals surface area contributed by atoms with Gasteiger partial charge in [0.15, 0.2) is 15.5 Å². The fourth-order valence-electron chi connectivity index (χ4n) is 4.14. The summed E-state index contributed by atoms with van der Waals surface area (Å²) in [6, 6.07) is 4.60. The molecule has 0 spiro atoms. The van der Waals surface area contributed by atoms with Crippen molar-refractivity contribution in [3.05, 3.63) is 62.5 Å². The fraction of sp³-hybridized carbons (Fsp3) is 0.318. The fourth-order valence-corrected chi connectivity index (χ4v) is 6.06. The molecule has 0 aliphatic heterocycles. The van der Waals surface area contributed by atoms with Crippen molar-refractivity contribution in [2.24, 2.45) is 0 Å². The summed E-state index contributed by atoms with van der Waals surface area (Å²) in [5, 5.41) is 12.4. The lowest BCUT2D eigenvalue weighted by Gasteiger charge is -2.18. The molecule has 190 valence electrons. The van der Waals surface area contributed by atoms with Gasteiger partial charge >= 0.3 is 6.18 Å². The smallest absolute Gasteiger partial charge is 0.403 e. The highest BCUT2D eigenvalue weighted by Gasteiger charge is 2.68. The molecule has 1 fully saturated rings. The van der Waals surface area contributed by atoms with Crippen molar-refractivity contribution < 1.29 is 26.0 Å². The number of rotatable bonds is 5. The van der Waals surface area contributed by atoms with Crippen LogP contribution in [0.4, 0.5) is 13.2 Å². The molecule has 1 unspecified atom stereocenters. The Morgan fingerprint density at radius 3 is 2.50 bits per heavy atom. The lowest BCUT2D eigenvalue weighted by molar-refractivity contribution is -0.165. The third-order valence-corrected chi connectivity index (χ3v) is 8.39. The highest BCUT2D eigenvalue weighted by molar-refractivity contribution is 9.11. The quantitative estimate of drug-likeness (QED) is 0.320. The van der Waals surface area contributed by atoms with Gasteiger partial charge in [0.2, 0.25) is 5.89 Å². The van der Waals surface area contributed by atoms with Crippen LogP contribution in [0.15, 0.2) is 50.2 Å². The molecule has 0 saturated heterocycles. The Bertz CT molecular complexity index is 1540. The van der Waals surface area contributed by atoms with Gasteiger partial charge in [-0.3, -0.25) is 0 Å². The van der Waals surface area contributed by atoms with Gasteiger partial charge in [0, 0.05) is 21.7 Å². The van der Waals surface area contributed by atoms with Crippen LogP contribution in [0.2, 0.25) is 10.0 Å². The molecule has 2 aliphatic carbocycles. The van der Waals surface area contributed by atoms with Gasteiger partial charge in [-0.05, 0) is 37.5 Å². The van der Waals surface area contributed by atoms with Crippen molar-refractivity contribution in [3.63, 3.8) is 0 Å². The summed E-state index contributed by atoms with van der Waals surface area (Å²) < 4.78 is 74.6. The predicted molar refractivity (Wildman–Crippen MR) is 130 cm³/mol. The van der Waals surface area contributed by atoms with Gasteiger partial charge < -0.3 is 4.42 Å². The molecule has 3 aromatic rings. The molecular formula is C22H16BrCl2F3N4O3S. The van der Waals surface area contributed by atoms with E-state index < -0.39 is 39.1 Å². The minimum absolute atomic E-state index is 0.189. The molecule has 0 amide bonds. The molecule has 2 heterocycles. The number of allylic oxidation sites excluding steroid dienone is 4. The van der Waals surface area contributed by atoms with Crippen LogP contribution in [0.5, 0.6) is 0 Å². The molecule has 7 nitrogen and oxygen atoms in total. The third-order valence-electron chi connectivity index (χ3n) is 6.12. The van der Waals surface area contributed by atoms with E-state index in [-0.39, 0.29) is 34.1 Å². The third kappa shape index (κ3) is 4.31. The first-order valence-electron chi connectivity index (χ1n) is 10.6. The normalized spacial score (nSPS) is 19.4. The van der Waals surface area contributed by atoms with Crippen molar-refractivity contribution in [1.82, 2.24) is 20.0 Å². The standard InChI is InChI=1S/C22H16BrCl2F3N4O3S/c1-36(33,34)18-16(19-29-30-20(35-19)21(8-9-21)22(26,27)28)31-32(15-7-6-13(24)10-14(15)25)17(18)11-2-4-12(23)5-3-11/h2,4-7,10-11H,3,8-9H2,1H3. The van der Waals surface area contributed by atoms with Crippen LogP contribution < -0.4 is 0 Å². The average molecular weight is 624 g/mol. The van der Waals surface area contributed by atoms with Crippen molar-refractivity contribution in [1.29, 1.82) is 0 Å². The summed E-state index contributed by atoms with van der Waals surface area (Å²) >= 11 is 15.9. The maximum absolute atomic E-state index is 13.6. The largest absolute Gasteiger partial charge is 0.418 e. The number of nitrogens with zero attached hydrogens (tertiary/aromatic N) is 4. The van der Waals surface area contributed by atoms with E-state index in [0.29, 0.717) is 17.1 Å². The van der Waals surface area contributed by atoms with Crippen LogP contribution in [0, 0.1) is 0 Å². The Hall–Kier alpha value is -2.15. The van der Waals surface area contributed by atoms with Crippen molar-refractivity contribution in [3.8, 4) is 17.3 Å². The monoisotopic (exact) mass is 622 g/mol. The van der Waals surface area contributed by atoms with Gasteiger partial charge in [-0.1, -0.05) is 57.4 Å². The molecule has 2 aliphatic rings. The Balaban J connectivity index is 1.76. The topological polar surface area (TPSA) is 90.9 Å². The van der Waals surface area contributed by atoms with Gasteiger partial charge in [0.25, 0.3) is 5.89 Å². The lowest BCUT2D eigenvalue weighted by Crippen LogP contribution is -2.28. The zero-order chi connectivity index (χ0) is 26.0. The van der Waals surface area contributed by atoms with Gasteiger partial charge in [0.05, 0.1) is 16.4 Å². The molecule has 2 aromatic heterocycles. The zero-order valence-corrected chi connectivity index (χ0v) is 22.3. The molecule has 36 heavy (non-hydrogen) atoms. The number of alkyl halides is 3. The van der Waals surface area contributed by atoms with Gasteiger partial charge in [-0.15, -0.1) is 10.2 Å². The van der Waals surface area contributed by atoms with Gasteiger partial charge in [-0.25, -0.2) is 13.1 Å². The van der Waals surface area contributed by atoms with E-state index >= 15 is 0 Å². The van der Waals surface area contributed by atoms with Crippen molar-refractivity contribution >= 4 is 49.0 Å². The summed E-state index contributed by atoms with van der Waals surface area (Å²) in [7, 11) is -3.99. The van der Waals surface area contributed by atoms with Crippen LogP contribution in [0.3, 0.4) is 0 Å². The van der Waals surface area contributed by atoms with E-state index in [1.807, 2.05) is 6.08 Å². The van der Waals surface area contributed by atoms with Crippen LogP contribution in [-0.4, -0.2) is 40.8 Å². The van der Waals surface area contributed by atoms with Gasteiger partial charge in [-0.2, -0.15) is 18.3 Å². The van der Waals surface area contributed by atoms with E-state index in [2.05, 4.69) is 31.2 Å². The Morgan fingerprint density at radius 1 is 1.22 bits per heavy atom. The minimum Gasteiger partial charge on any atom is -0.418 e. The second kappa shape index (κ2) is 8.71. The molecule has 14 heteroatoms. The van der Waals surface area contributed by atoms with Crippen molar-refractivity contribution in [2.45, 2.75) is 41.7 Å². The molecule has 0 N–H and O–H groups in total. The summed E-state index contributed by atoms with van der Waals surface area (Å²) in [6.07, 6.45) is 1.87. The SMILES string of the molecule is CS(=O)(=O)c1c(-c2nnc(C3(C(F)(F)F)CC3)o2)nn(-c2ccc(Cl)cc2Cl)c1C1C=CC(Br)=CC1. The number of aromatic nitrogens is 4. The molecule has 0 bridgehead atoms. The second-order valence-corrected chi connectivity index (χ2v) is 12.3. The first-order chi connectivity index (χ1) is 16.8. The first-order valence-corrected chi connectivity index (χ1v) is 14.0. The van der Waals surface area contributed by atoms with Crippen molar-refractivity contribution in [2.75, 3.05) is 6.26 Å². The highest BCUT2D eigenvalue weighted by Crippen LogP contribution is 2.58. The van der Waals surface area contributed by atoms with Crippen LogP contribution in [0.25, 0.3) is 17.3 Å². The molecule has 1 aromatic carbocycles. The van der Waals surface area contributed by atoms with E-state index in [1.54, 1.807) is 24.3 Å². The molecule has 1 saturated carbocycles. The molecular weight excluding hydrogens is 608 g/mol. The van der Waals surface area contributed by atoms with Crippen LogP contribution >= 0.6 is 39.1 Å². The first kappa shape index (κ1) is 25.5. The Kier molecular flexibility index (Phi) is 6.17. The summed E-state index contributed by atoms with van der Waals surface area (Å²) in [6.45, 7) is 0. The Morgan fingerprint density at radius 2 is 1.94 bits per heavy atom. The zero-order valence-electron chi connectivity index (χ0n) is 18.4. The Labute approximate surface area is 222 Å². The summed E-state index contributed by atoms with van der Waals surface area (Å²) in [4.78, 5) is -0.235. The molecule has 5 rings (SSSR count). The number of sulfone groups is 1. The van der Waals surface area contributed by atoms with E-state index in [0.717, 1.165) is 10.7 Å². The van der Waals surface area contributed by atoms with E-state index in [9.17, 15) is 21.6 Å². The lowest BCUT2D eigenvalue weighted by atomic mass is 9.96. The number of hydrogen-bond donors (Lipinski definition) is 0. The second-order valence-electron chi connectivity index (χ2n) is 8.63.